The highest BCUT2D eigenvalue weighted by Gasteiger charge is 2.09. The van der Waals surface area contributed by atoms with Gasteiger partial charge < -0.3 is 15.1 Å². The van der Waals surface area contributed by atoms with Gasteiger partial charge in [0.2, 0.25) is 5.91 Å². The lowest BCUT2D eigenvalue weighted by molar-refractivity contribution is -0.116. The van der Waals surface area contributed by atoms with Crippen molar-refractivity contribution >= 4 is 22.7 Å². The third-order valence-electron chi connectivity index (χ3n) is 2.61. The molecule has 6 heteroatoms. The van der Waals surface area contributed by atoms with Gasteiger partial charge in [-0.15, -0.1) is 0 Å². The van der Waals surface area contributed by atoms with Crippen molar-refractivity contribution < 1.29 is 9.21 Å². The minimum atomic E-state index is -0.415. The minimum absolute atomic E-state index is 0.114. The van der Waals surface area contributed by atoms with Crippen molar-refractivity contribution in [2.24, 2.45) is 12.8 Å². The number of carbonyl (C=O) groups is 1. The first-order valence-corrected chi connectivity index (χ1v) is 5.08. The lowest BCUT2D eigenvalue weighted by Gasteiger charge is -2.16. The summed E-state index contributed by atoms with van der Waals surface area (Å²) < 4.78 is 6.48. The van der Waals surface area contributed by atoms with Gasteiger partial charge in [0.25, 0.3) is 0 Å². The molecule has 1 amide bonds. The van der Waals surface area contributed by atoms with Crippen LogP contribution in [0.15, 0.2) is 27.4 Å². The number of aryl methyl sites for hydroxylation is 1. The molecule has 1 aromatic heterocycles. The molecule has 0 saturated heterocycles. The van der Waals surface area contributed by atoms with Crippen LogP contribution in [0.1, 0.15) is 0 Å². The number of anilines is 1. The van der Waals surface area contributed by atoms with Crippen LogP contribution in [0.3, 0.4) is 0 Å². The zero-order chi connectivity index (χ0) is 12.6. The van der Waals surface area contributed by atoms with Gasteiger partial charge in [0, 0.05) is 25.8 Å². The van der Waals surface area contributed by atoms with E-state index in [0.29, 0.717) is 11.1 Å². The number of likely N-dealkylation sites (N-methyl/N-ethyl adjacent to an activating group) is 1. The highest BCUT2D eigenvalue weighted by molar-refractivity contribution is 5.82. The molecule has 6 nitrogen and oxygen atoms in total. The summed E-state index contributed by atoms with van der Waals surface area (Å²) in [5, 5.41) is 0. The van der Waals surface area contributed by atoms with Crippen LogP contribution in [-0.4, -0.2) is 24.1 Å². The van der Waals surface area contributed by atoms with Crippen LogP contribution in [-0.2, 0) is 11.8 Å². The van der Waals surface area contributed by atoms with Gasteiger partial charge in [0.15, 0.2) is 5.58 Å². The topological polar surface area (TPSA) is 81.5 Å². The van der Waals surface area contributed by atoms with Crippen molar-refractivity contribution in [3.8, 4) is 0 Å². The summed E-state index contributed by atoms with van der Waals surface area (Å²) in [4.78, 5) is 23.8. The highest BCUT2D eigenvalue weighted by atomic mass is 16.4. The first kappa shape index (κ1) is 11.3. The average Bonchev–Trinajstić information content (AvgIpc) is 2.53. The largest absolute Gasteiger partial charge is 0.419 e. The summed E-state index contributed by atoms with van der Waals surface area (Å²) in [5.41, 5.74) is 7.09. The number of amides is 1. The van der Waals surface area contributed by atoms with Crippen LogP contribution >= 0.6 is 0 Å². The van der Waals surface area contributed by atoms with E-state index < -0.39 is 11.7 Å². The predicted molar refractivity (Wildman–Crippen MR) is 63.9 cm³/mol. The zero-order valence-corrected chi connectivity index (χ0v) is 9.64. The van der Waals surface area contributed by atoms with Gasteiger partial charge in [-0.2, -0.15) is 0 Å². The fourth-order valence-electron chi connectivity index (χ4n) is 1.69. The van der Waals surface area contributed by atoms with Crippen molar-refractivity contribution in [2.45, 2.75) is 0 Å². The van der Waals surface area contributed by atoms with Gasteiger partial charge in [-0.1, -0.05) is 0 Å². The third kappa shape index (κ3) is 2.01. The maximum Gasteiger partial charge on any atom is 0.419 e. The summed E-state index contributed by atoms with van der Waals surface area (Å²) in [6.45, 7) is 0.114. The number of oxazole rings is 1. The summed E-state index contributed by atoms with van der Waals surface area (Å²) in [7, 11) is 3.38. The molecular formula is C11H13N3O3. The van der Waals surface area contributed by atoms with Crippen molar-refractivity contribution in [2.75, 3.05) is 18.5 Å². The molecular weight excluding hydrogens is 222 g/mol. The second kappa shape index (κ2) is 3.97. The van der Waals surface area contributed by atoms with E-state index in [0.717, 1.165) is 5.69 Å². The Morgan fingerprint density at radius 3 is 2.88 bits per heavy atom. The maximum atomic E-state index is 11.3. The Kier molecular flexibility index (Phi) is 2.63. The molecule has 0 unspecified atom stereocenters. The Labute approximate surface area is 97.2 Å². The SMILES string of the molecule is CN(CC(N)=O)c1ccc2c(c1)oc(=O)n2C. The molecule has 0 spiro atoms. The van der Waals surface area contributed by atoms with Crippen LogP contribution in [0.5, 0.6) is 0 Å². The van der Waals surface area contributed by atoms with Crippen LogP contribution in [0.4, 0.5) is 5.69 Å². The molecule has 0 aliphatic carbocycles. The summed E-state index contributed by atoms with van der Waals surface area (Å²) in [6, 6.07) is 5.28. The Morgan fingerprint density at radius 1 is 1.53 bits per heavy atom. The van der Waals surface area contributed by atoms with E-state index in [9.17, 15) is 9.59 Å². The van der Waals surface area contributed by atoms with Gasteiger partial charge >= 0.3 is 5.76 Å². The molecule has 1 heterocycles. The molecule has 2 rings (SSSR count). The molecule has 2 aromatic rings. The maximum absolute atomic E-state index is 11.3. The Bertz CT molecular complexity index is 626. The molecule has 0 saturated carbocycles. The number of nitrogens with zero attached hydrogens (tertiary/aromatic N) is 2. The predicted octanol–water partition coefficient (Wildman–Crippen LogP) is 0.0530. The van der Waals surface area contributed by atoms with E-state index in [1.54, 1.807) is 37.2 Å². The number of aromatic nitrogens is 1. The fraction of sp³-hybridized carbons (Fsp3) is 0.273. The molecule has 0 aliphatic rings. The Hall–Kier alpha value is -2.24. The van der Waals surface area contributed by atoms with Crippen molar-refractivity contribution in [1.29, 1.82) is 0 Å². The van der Waals surface area contributed by atoms with E-state index >= 15 is 0 Å². The number of fused-ring (bicyclic) bond motifs is 1. The first-order chi connectivity index (χ1) is 7.99. The van der Waals surface area contributed by atoms with E-state index in [4.69, 9.17) is 10.2 Å². The van der Waals surface area contributed by atoms with Crippen LogP contribution in [0, 0.1) is 0 Å². The van der Waals surface area contributed by atoms with E-state index in [1.165, 1.54) is 4.57 Å². The smallest absolute Gasteiger partial charge is 0.408 e. The molecule has 90 valence electrons. The van der Waals surface area contributed by atoms with E-state index in [1.807, 2.05) is 0 Å². The van der Waals surface area contributed by atoms with Gasteiger partial charge in [-0.05, 0) is 12.1 Å². The second-order valence-electron chi connectivity index (χ2n) is 3.90. The number of rotatable bonds is 3. The third-order valence-corrected chi connectivity index (χ3v) is 2.61. The lowest BCUT2D eigenvalue weighted by atomic mass is 10.2. The summed E-state index contributed by atoms with van der Waals surface area (Å²) in [6.07, 6.45) is 0. The molecule has 0 radical (unpaired) electrons. The number of carbonyl (C=O) groups excluding carboxylic acids is 1. The number of hydrogen-bond donors (Lipinski definition) is 1. The summed E-state index contributed by atoms with van der Waals surface area (Å²) >= 11 is 0. The van der Waals surface area contributed by atoms with E-state index in [-0.39, 0.29) is 6.54 Å². The normalized spacial score (nSPS) is 10.7. The minimum Gasteiger partial charge on any atom is -0.408 e. The standard InChI is InChI=1S/C11H13N3O3/c1-13(6-10(12)15)7-3-4-8-9(5-7)17-11(16)14(8)2/h3-5H,6H2,1-2H3,(H2,12,15). The van der Waals surface area contributed by atoms with Crippen molar-refractivity contribution in [3.05, 3.63) is 28.7 Å². The first-order valence-electron chi connectivity index (χ1n) is 5.08. The second-order valence-corrected chi connectivity index (χ2v) is 3.90. The van der Waals surface area contributed by atoms with Crippen LogP contribution in [0.2, 0.25) is 0 Å². The number of hydrogen-bond acceptors (Lipinski definition) is 4. The Balaban J connectivity index is 2.44. The monoisotopic (exact) mass is 235 g/mol. The van der Waals surface area contributed by atoms with E-state index in [2.05, 4.69) is 0 Å². The molecule has 1 aromatic carbocycles. The van der Waals surface area contributed by atoms with Crippen LogP contribution < -0.4 is 16.4 Å². The van der Waals surface area contributed by atoms with Crippen molar-refractivity contribution in [1.82, 2.24) is 4.57 Å². The van der Waals surface area contributed by atoms with Gasteiger partial charge in [0.1, 0.15) is 0 Å². The number of nitrogens with two attached hydrogens (primary N) is 1. The quantitative estimate of drug-likeness (QED) is 0.815. The summed E-state index contributed by atoms with van der Waals surface area (Å²) in [5.74, 6) is -0.822. The molecule has 2 N–H and O–H groups in total. The molecule has 0 fully saturated rings. The van der Waals surface area contributed by atoms with Crippen LogP contribution in [0.25, 0.3) is 11.1 Å². The lowest BCUT2D eigenvalue weighted by Crippen LogP contribution is -2.30. The number of primary amides is 1. The average molecular weight is 235 g/mol. The molecule has 0 bridgehead atoms. The highest BCUT2D eigenvalue weighted by Crippen LogP contribution is 2.20. The molecule has 17 heavy (non-hydrogen) atoms. The Morgan fingerprint density at radius 2 is 2.24 bits per heavy atom. The van der Waals surface area contributed by atoms with Crippen molar-refractivity contribution in [3.63, 3.8) is 0 Å². The molecule has 0 atom stereocenters. The van der Waals surface area contributed by atoms with Gasteiger partial charge in [-0.3, -0.25) is 9.36 Å². The van der Waals surface area contributed by atoms with Gasteiger partial charge in [0.05, 0.1) is 12.1 Å². The van der Waals surface area contributed by atoms with Gasteiger partial charge in [-0.25, -0.2) is 4.79 Å². The molecule has 0 aliphatic heterocycles. The fourth-order valence-corrected chi connectivity index (χ4v) is 1.69. The zero-order valence-electron chi connectivity index (χ0n) is 9.64. The number of benzene rings is 1.